The van der Waals surface area contributed by atoms with E-state index in [0.29, 0.717) is 0 Å². The van der Waals surface area contributed by atoms with Gasteiger partial charge in [-0.1, -0.05) is 53.1 Å². The van der Waals surface area contributed by atoms with Crippen LogP contribution in [0.1, 0.15) is 56.0 Å². The summed E-state index contributed by atoms with van der Waals surface area (Å²) < 4.78 is 19.2. The van der Waals surface area contributed by atoms with Crippen molar-refractivity contribution in [3.8, 4) is 17.2 Å². The van der Waals surface area contributed by atoms with Gasteiger partial charge in [0.05, 0.1) is 0 Å². The molecule has 3 aliphatic rings. The normalized spacial score (nSPS) is 18.8. The fourth-order valence-electron chi connectivity index (χ4n) is 4.76. The fourth-order valence-corrected chi connectivity index (χ4v) is 6.07. The number of benzene rings is 3. The van der Waals surface area contributed by atoms with Crippen molar-refractivity contribution >= 4 is 8.60 Å². The van der Waals surface area contributed by atoms with E-state index < -0.39 is 8.60 Å². The molecule has 0 spiro atoms. The molecule has 0 aliphatic carbocycles. The molecule has 3 aliphatic heterocycles. The van der Waals surface area contributed by atoms with E-state index in [0.717, 1.165) is 33.9 Å². The highest BCUT2D eigenvalue weighted by Gasteiger charge is 2.39. The molecule has 6 rings (SSSR count). The van der Waals surface area contributed by atoms with Crippen LogP contribution in [0, 0.1) is 41.5 Å². The molecule has 0 radical (unpaired) electrons. The average molecular weight is 404 g/mol. The van der Waals surface area contributed by atoms with E-state index in [2.05, 4.69) is 77.9 Å². The molecule has 0 amide bonds. The van der Waals surface area contributed by atoms with Crippen molar-refractivity contribution in [2.75, 3.05) is 0 Å². The first kappa shape index (κ1) is 18.5. The van der Waals surface area contributed by atoms with Crippen LogP contribution in [0.5, 0.6) is 17.2 Å². The van der Waals surface area contributed by atoms with Crippen LogP contribution in [0.25, 0.3) is 0 Å². The van der Waals surface area contributed by atoms with Gasteiger partial charge in [0, 0.05) is 22.6 Å². The first-order valence-corrected chi connectivity index (χ1v) is 11.1. The molecule has 0 aromatic heterocycles. The van der Waals surface area contributed by atoms with Crippen LogP contribution in [-0.2, 0) is 0 Å². The minimum absolute atomic E-state index is 0.0109. The van der Waals surface area contributed by atoms with Crippen molar-refractivity contribution in [1.82, 2.24) is 0 Å². The van der Waals surface area contributed by atoms with E-state index in [-0.39, 0.29) is 5.92 Å². The van der Waals surface area contributed by atoms with Crippen molar-refractivity contribution in [3.63, 3.8) is 0 Å². The molecule has 3 nitrogen and oxygen atoms in total. The van der Waals surface area contributed by atoms with Crippen LogP contribution >= 0.6 is 8.60 Å². The highest BCUT2D eigenvalue weighted by Crippen LogP contribution is 2.58. The topological polar surface area (TPSA) is 27.7 Å². The van der Waals surface area contributed by atoms with Crippen LogP contribution < -0.4 is 13.6 Å². The minimum Gasteiger partial charge on any atom is -0.408 e. The summed E-state index contributed by atoms with van der Waals surface area (Å²) in [5.74, 6) is 2.66. The maximum absolute atomic E-state index is 6.40. The average Bonchev–Trinajstić information content (AvgIpc) is 2.59. The molecule has 3 heterocycles. The van der Waals surface area contributed by atoms with Crippen molar-refractivity contribution in [2.45, 2.75) is 47.5 Å². The zero-order chi connectivity index (χ0) is 20.4. The Bertz CT molecular complexity index is 1020. The molecule has 0 saturated heterocycles. The van der Waals surface area contributed by atoms with Gasteiger partial charge in [-0.25, -0.2) is 0 Å². The molecule has 0 N–H and O–H groups in total. The quantitative estimate of drug-likeness (QED) is 0.374. The van der Waals surface area contributed by atoms with E-state index in [1.807, 2.05) is 0 Å². The van der Waals surface area contributed by atoms with Crippen LogP contribution in [-0.4, -0.2) is 0 Å². The summed E-state index contributed by atoms with van der Waals surface area (Å²) >= 11 is 0. The van der Waals surface area contributed by atoms with Gasteiger partial charge in [0.25, 0.3) is 0 Å². The standard InChI is InChI=1S/C25H25O3P/c1-13-7-16(4)23-19(10-13)22-20-11-14(2)8-17(5)24(20)27-29(26-23)28-25-18(6)9-15(3)12-21(22)25/h7-12,22H,1-6H3. The third kappa shape index (κ3) is 2.91. The van der Waals surface area contributed by atoms with Gasteiger partial charge < -0.3 is 13.6 Å². The van der Waals surface area contributed by atoms with Gasteiger partial charge in [-0.15, -0.1) is 0 Å². The third-order valence-corrected chi connectivity index (χ3v) is 6.77. The van der Waals surface area contributed by atoms with Gasteiger partial charge in [0.2, 0.25) is 0 Å². The first-order chi connectivity index (χ1) is 13.8. The third-order valence-electron chi connectivity index (χ3n) is 5.77. The number of hydrogen-bond acceptors (Lipinski definition) is 3. The van der Waals surface area contributed by atoms with Gasteiger partial charge in [0.15, 0.2) is 0 Å². The van der Waals surface area contributed by atoms with E-state index in [1.54, 1.807) is 0 Å². The lowest BCUT2D eigenvalue weighted by Gasteiger charge is -2.35. The Morgan fingerprint density at radius 2 is 0.828 bits per heavy atom. The Balaban J connectivity index is 1.95. The second-order valence-electron chi connectivity index (χ2n) is 8.43. The largest absolute Gasteiger partial charge is 0.530 e. The molecule has 3 aromatic carbocycles. The molecule has 0 fully saturated rings. The Kier molecular flexibility index (Phi) is 4.15. The molecule has 29 heavy (non-hydrogen) atoms. The van der Waals surface area contributed by atoms with Gasteiger partial charge in [0.1, 0.15) is 17.2 Å². The van der Waals surface area contributed by atoms with E-state index >= 15 is 0 Å². The number of aryl methyl sites for hydroxylation is 6. The molecule has 0 saturated carbocycles. The van der Waals surface area contributed by atoms with Gasteiger partial charge in [-0.05, 0) is 58.2 Å². The number of hydrogen-bond donors (Lipinski definition) is 0. The predicted molar refractivity (Wildman–Crippen MR) is 117 cm³/mol. The highest BCUT2D eigenvalue weighted by atomic mass is 31.2. The summed E-state index contributed by atoms with van der Waals surface area (Å²) in [7, 11) is -1.61. The predicted octanol–water partition coefficient (Wildman–Crippen LogP) is 7.11. The molecule has 2 bridgehead atoms. The summed E-state index contributed by atoms with van der Waals surface area (Å²) in [6.45, 7) is 12.7. The lowest BCUT2D eigenvalue weighted by Crippen LogP contribution is -2.19. The zero-order valence-corrected chi connectivity index (χ0v) is 18.6. The summed E-state index contributed by atoms with van der Waals surface area (Å²) in [4.78, 5) is 0. The van der Waals surface area contributed by atoms with Crippen molar-refractivity contribution in [2.24, 2.45) is 0 Å². The van der Waals surface area contributed by atoms with Crippen LogP contribution in [0.15, 0.2) is 36.4 Å². The maximum Gasteiger partial charge on any atom is 0.530 e. The van der Waals surface area contributed by atoms with Crippen LogP contribution in [0.4, 0.5) is 0 Å². The molecule has 3 aromatic rings. The SMILES string of the molecule is Cc1cc(C)c2c(c1)C1c3cc(C)cc(C)c3OP(O2)Oc2c(C)cc(C)cc21. The van der Waals surface area contributed by atoms with Crippen molar-refractivity contribution < 1.29 is 13.6 Å². The second kappa shape index (κ2) is 6.50. The second-order valence-corrected chi connectivity index (χ2v) is 9.43. The maximum atomic E-state index is 6.40. The summed E-state index contributed by atoms with van der Waals surface area (Å²) in [6.07, 6.45) is 0. The Hall–Kier alpha value is -2.51. The van der Waals surface area contributed by atoms with E-state index in [1.165, 1.54) is 33.4 Å². The lowest BCUT2D eigenvalue weighted by atomic mass is 9.80. The summed E-state index contributed by atoms with van der Waals surface area (Å²) in [5.41, 5.74) is 10.6. The first-order valence-electron chi connectivity index (χ1n) is 9.99. The van der Waals surface area contributed by atoms with Gasteiger partial charge in [-0.2, -0.15) is 0 Å². The monoisotopic (exact) mass is 404 g/mol. The molecular formula is C25H25O3P. The Morgan fingerprint density at radius 1 is 0.517 bits per heavy atom. The smallest absolute Gasteiger partial charge is 0.408 e. The highest BCUT2D eigenvalue weighted by molar-refractivity contribution is 7.43. The zero-order valence-electron chi connectivity index (χ0n) is 17.7. The van der Waals surface area contributed by atoms with Crippen LogP contribution in [0.2, 0.25) is 0 Å². The van der Waals surface area contributed by atoms with Crippen LogP contribution in [0.3, 0.4) is 0 Å². The summed E-state index contributed by atoms with van der Waals surface area (Å²) in [5, 5.41) is 0. The molecule has 0 atom stereocenters. The molecule has 0 unspecified atom stereocenters. The van der Waals surface area contributed by atoms with Gasteiger partial charge >= 0.3 is 8.60 Å². The molecular weight excluding hydrogens is 379 g/mol. The molecule has 4 heteroatoms. The Labute approximate surface area is 173 Å². The van der Waals surface area contributed by atoms with Crippen molar-refractivity contribution in [3.05, 3.63) is 86.5 Å². The lowest BCUT2D eigenvalue weighted by molar-refractivity contribution is 0.365. The van der Waals surface area contributed by atoms with Crippen molar-refractivity contribution in [1.29, 1.82) is 0 Å². The Morgan fingerprint density at radius 3 is 1.14 bits per heavy atom. The summed E-state index contributed by atoms with van der Waals surface area (Å²) in [6, 6.07) is 13.3. The number of rotatable bonds is 0. The fraction of sp³-hybridized carbons (Fsp3) is 0.280. The van der Waals surface area contributed by atoms with Gasteiger partial charge in [-0.3, -0.25) is 0 Å². The minimum atomic E-state index is -1.61. The molecule has 148 valence electrons. The van der Waals surface area contributed by atoms with E-state index in [4.69, 9.17) is 13.6 Å². The van der Waals surface area contributed by atoms with E-state index in [9.17, 15) is 0 Å².